The number of hydrogen-bond acceptors (Lipinski definition) is 7. The molecule has 0 aliphatic carbocycles. The van der Waals surface area contributed by atoms with Gasteiger partial charge in [-0.15, -0.1) is 22.7 Å². The van der Waals surface area contributed by atoms with Crippen molar-refractivity contribution < 1.29 is 9.53 Å². The summed E-state index contributed by atoms with van der Waals surface area (Å²) >= 11 is 2.97. The van der Waals surface area contributed by atoms with E-state index in [9.17, 15) is 4.79 Å². The normalized spacial score (nSPS) is 10.6. The van der Waals surface area contributed by atoms with Crippen molar-refractivity contribution in [2.75, 3.05) is 12.0 Å². The fraction of sp³-hybridized carbons (Fsp3) is 0.100. The number of thiophene rings is 1. The highest BCUT2D eigenvalue weighted by Gasteiger charge is 2.22. The predicted molar refractivity (Wildman–Crippen MR) is 111 cm³/mol. The van der Waals surface area contributed by atoms with Crippen molar-refractivity contribution in [2.24, 2.45) is 0 Å². The lowest BCUT2D eigenvalue weighted by molar-refractivity contribution is 0.0981. The summed E-state index contributed by atoms with van der Waals surface area (Å²) in [5.74, 6) is 1.09. The van der Waals surface area contributed by atoms with Crippen LogP contribution in [0.2, 0.25) is 0 Å². The lowest BCUT2D eigenvalue weighted by Crippen LogP contribution is -2.30. The van der Waals surface area contributed by atoms with Crippen molar-refractivity contribution in [1.82, 2.24) is 15.0 Å². The number of amides is 1. The van der Waals surface area contributed by atoms with Crippen molar-refractivity contribution in [3.05, 3.63) is 76.2 Å². The molecule has 28 heavy (non-hydrogen) atoms. The minimum Gasteiger partial charge on any atom is -0.497 e. The topological polar surface area (TPSA) is 68.2 Å². The van der Waals surface area contributed by atoms with Crippen molar-refractivity contribution in [2.45, 2.75) is 6.54 Å². The lowest BCUT2D eigenvalue weighted by Gasteiger charge is -2.21. The molecule has 0 bridgehead atoms. The number of hydrogen-bond donors (Lipinski definition) is 0. The van der Waals surface area contributed by atoms with Crippen LogP contribution in [0, 0.1) is 0 Å². The third-order valence-electron chi connectivity index (χ3n) is 4.00. The first-order valence-electron chi connectivity index (χ1n) is 8.46. The average molecular weight is 409 g/mol. The fourth-order valence-electron chi connectivity index (χ4n) is 2.62. The molecule has 0 unspecified atom stereocenters. The van der Waals surface area contributed by atoms with Gasteiger partial charge in [-0.3, -0.25) is 4.79 Å². The predicted octanol–water partition coefficient (Wildman–Crippen LogP) is 4.52. The van der Waals surface area contributed by atoms with Gasteiger partial charge in [0.25, 0.3) is 5.91 Å². The Kier molecular flexibility index (Phi) is 5.41. The number of nitrogens with zero attached hydrogens (tertiary/aromatic N) is 4. The van der Waals surface area contributed by atoms with Gasteiger partial charge in [-0.25, -0.2) is 15.0 Å². The third kappa shape index (κ3) is 3.92. The molecule has 0 radical (unpaired) electrons. The number of thiazole rings is 1. The molecule has 3 heterocycles. The SMILES string of the molecule is COc1ccc(N(Cc2cccs2)C(=O)c2csc(-c3ncccn3)n2)cc1. The van der Waals surface area contributed by atoms with Crippen LogP contribution in [0.15, 0.2) is 65.6 Å². The molecule has 0 saturated carbocycles. The van der Waals surface area contributed by atoms with E-state index >= 15 is 0 Å². The second kappa shape index (κ2) is 8.28. The molecule has 0 atom stereocenters. The Bertz CT molecular complexity index is 1050. The van der Waals surface area contributed by atoms with Crippen LogP contribution in [0.1, 0.15) is 15.4 Å². The molecule has 6 nitrogen and oxygen atoms in total. The van der Waals surface area contributed by atoms with E-state index in [1.807, 2.05) is 41.8 Å². The molecule has 4 rings (SSSR count). The zero-order valence-electron chi connectivity index (χ0n) is 15.0. The molecule has 3 aromatic heterocycles. The molecule has 1 amide bonds. The first kappa shape index (κ1) is 18.3. The summed E-state index contributed by atoms with van der Waals surface area (Å²) in [6, 6.07) is 13.2. The molecule has 0 saturated heterocycles. The third-order valence-corrected chi connectivity index (χ3v) is 5.70. The maximum Gasteiger partial charge on any atom is 0.278 e. The maximum atomic E-state index is 13.3. The van der Waals surface area contributed by atoms with E-state index in [0.29, 0.717) is 23.1 Å². The summed E-state index contributed by atoms with van der Waals surface area (Å²) in [5, 5.41) is 4.37. The standard InChI is InChI=1S/C20H16N4O2S2/c1-26-15-7-5-14(6-8-15)24(12-16-4-2-11-27-16)20(25)17-13-28-19(23-17)18-21-9-3-10-22-18/h2-11,13H,12H2,1H3. The number of aromatic nitrogens is 3. The summed E-state index contributed by atoms with van der Waals surface area (Å²) in [6.45, 7) is 0.470. The number of rotatable bonds is 6. The fourth-order valence-corrected chi connectivity index (χ4v) is 4.05. The van der Waals surface area contributed by atoms with Crippen LogP contribution in [-0.2, 0) is 6.54 Å². The second-order valence-corrected chi connectivity index (χ2v) is 7.67. The molecule has 1 aromatic carbocycles. The van der Waals surface area contributed by atoms with Crippen LogP contribution in [0.25, 0.3) is 10.8 Å². The summed E-state index contributed by atoms with van der Waals surface area (Å²) < 4.78 is 5.23. The van der Waals surface area contributed by atoms with Gasteiger partial charge in [-0.05, 0) is 41.8 Å². The average Bonchev–Trinajstić information content (AvgIpc) is 3.44. The van der Waals surface area contributed by atoms with E-state index in [-0.39, 0.29) is 5.91 Å². The second-order valence-electron chi connectivity index (χ2n) is 5.78. The van der Waals surface area contributed by atoms with Crippen molar-refractivity contribution >= 4 is 34.3 Å². The molecule has 0 fully saturated rings. The Hall–Kier alpha value is -3.10. The number of benzene rings is 1. The quantitative estimate of drug-likeness (QED) is 0.469. The van der Waals surface area contributed by atoms with E-state index in [1.54, 1.807) is 47.2 Å². The van der Waals surface area contributed by atoms with E-state index in [0.717, 1.165) is 16.3 Å². The van der Waals surface area contributed by atoms with Crippen LogP contribution in [-0.4, -0.2) is 28.0 Å². The summed E-state index contributed by atoms with van der Waals surface area (Å²) in [4.78, 5) is 29.0. The number of methoxy groups -OCH3 is 1. The van der Waals surface area contributed by atoms with E-state index < -0.39 is 0 Å². The van der Waals surface area contributed by atoms with Crippen LogP contribution < -0.4 is 9.64 Å². The Morgan fingerprint density at radius 3 is 2.54 bits per heavy atom. The Morgan fingerprint density at radius 2 is 1.86 bits per heavy atom. The molecule has 0 N–H and O–H groups in total. The van der Waals surface area contributed by atoms with Crippen LogP contribution in [0.4, 0.5) is 5.69 Å². The van der Waals surface area contributed by atoms with Crippen LogP contribution in [0.5, 0.6) is 5.75 Å². The smallest absolute Gasteiger partial charge is 0.278 e. The van der Waals surface area contributed by atoms with E-state index in [2.05, 4.69) is 15.0 Å². The monoisotopic (exact) mass is 408 g/mol. The Labute approximate surface area is 170 Å². The maximum absolute atomic E-state index is 13.3. The van der Waals surface area contributed by atoms with Gasteiger partial charge in [0.15, 0.2) is 10.8 Å². The molecule has 4 aromatic rings. The Balaban J connectivity index is 1.65. The first-order chi connectivity index (χ1) is 13.7. The van der Waals surface area contributed by atoms with Gasteiger partial charge in [0, 0.05) is 28.3 Å². The van der Waals surface area contributed by atoms with Gasteiger partial charge in [0.2, 0.25) is 0 Å². The highest BCUT2D eigenvalue weighted by Crippen LogP contribution is 2.26. The van der Waals surface area contributed by atoms with Crippen molar-refractivity contribution in [3.8, 4) is 16.6 Å². The molecule has 140 valence electrons. The van der Waals surface area contributed by atoms with Crippen molar-refractivity contribution in [1.29, 1.82) is 0 Å². The number of carbonyl (C=O) groups excluding carboxylic acids is 1. The molecule has 8 heteroatoms. The zero-order valence-corrected chi connectivity index (χ0v) is 16.6. The summed E-state index contributed by atoms with van der Waals surface area (Å²) in [5.41, 5.74) is 1.16. The highest BCUT2D eigenvalue weighted by molar-refractivity contribution is 7.13. The Morgan fingerprint density at radius 1 is 1.07 bits per heavy atom. The number of ether oxygens (including phenoxy) is 1. The first-order valence-corrected chi connectivity index (χ1v) is 10.2. The van der Waals surface area contributed by atoms with Gasteiger partial charge < -0.3 is 9.64 Å². The molecule has 0 aliphatic rings. The van der Waals surface area contributed by atoms with Gasteiger partial charge in [-0.1, -0.05) is 6.07 Å². The zero-order chi connectivity index (χ0) is 19.3. The summed E-state index contributed by atoms with van der Waals surface area (Å²) in [7, 11) is 1.62. The van der Waals surface area contributed by atoms with Crippen molar-refractivity contribution in [3.63, 3.8) is 0 Å². The van der Waals surface area contributed by atoms with E-state index in [1.165, 1.54) is 11.3 Å². The largest absolute Gasteiger partial charge is 0.497 e. The van der Waals surface area contributed by atoms with Crippen LogP contribution in [0.3, 0.4) is 0 Å². The molecular weight excluding hydrogens is 392 g/mol. The minimum atomic E-state index is -0.169. The number of anilines is 1. The van der Waals surface area contributed by atoms with Crippen LogP contribution >= 0.6 is 22.7 Å². The van der Waals surface area contributed by atoms with Gasteiger partial charge in [0.05, 0.1) is 13.7 Å². The summed E-state index contributed by atoms with van der Waals surface area (Å²) in [6.07, 6.45) is 3.32. The van der Waals surface area contributed by atoms with E-state index in [4.69, 9.17) is 4.74 Å². The molecular formula is C20H16N4O2S2. The van der Waals surface area contributed by atoms with Gasteiger partial charge in [0.1, 0.15) is 11.4 Å². The lowest BCUT2D eigenvalue weighted by atomic mass is 10.2. The molecule has 0 spiro atoms. The molecule has 0 aliphatic heterocycles. The number of carbonyl (C=O) groups is 1. The van der Waals surface area contributed by atoms with Gasteiger partial charge in [-0.2, -0.15) is 0 Å². The highest BCUT2D eigenvalue weighted by atomic mass is 32.1. The van der Waals surface area contributed by atoms with Gasteiger partial charge >= 0.3 is 0 Å². The minimum absolute atomic E-state index is 0.169.